The molecule has 0 atom stereocenters. The number of hydrogen-bond donors (Lipinski definition) is 0. The SMILES string of the molecule is CCCN1CCC(=O)/C(=C/c2cc(OCC)c(OC)c([N+](=O)[O-])c2)C1. The minimum Gasteiger partial charge on any atom is -0.490 e. The number of nitro benzene ring substituents is 1. The zero-order chi connectivity index (χ0) is 18.4. The predicted molar refractivity (Wildman–Crippen MR) is 95.1 cm³/mol. The smallest absolute Gasteiger partial charge is 0.315 e. The van der Waals surface area contributed by atoms with Crippen LogP contribution in [-0.2, 0) is 4.79 Å². The topological polar surface area (TPSA) is 81.9 Å². The summed E-state index contributed by atoms with van der Waals surface area (Å²) in [6, 6.07) is 3.09. The number of benzene rings is 1. The summed E-state index contributed by atoms with van der Waals surface area (Å²) in [7, 11) is 1.37. The lowest BCUT2D eigenvalue weighted by molar-refractivity contribution is -0.385. The van der Waals surface area contributed by atoms with Crippen molar-refractivity contribution >= 4 is 17.5 Å². The van der Waals surface area contributed by atoms with E-state index >= 15 is 0 Å². The van der Waals surface area contributed by atoms with E-state index in [1.165, 1.54) is 13.2 Å². The van der Waals surface area contributed by atoms with E-state index in [2.05, 4.69) is 11.8 Å². The van der Waals surface area contributed by atoms with Crippen molar-refractivity contribution in [1.29, 1.82) is 0 Å². The van der Waals surface area contributed by atoms with E-state index in [-0.39, 0.29) is 17.2 Å². The van der Waals surface area contributed by atoms with Gasteiger partial charge in [-0.3, -0.25) is 19.8 Å². The van der Waals surface area contributed by atoms with Crippen molar-refractivity contribution in [2.45, 2.75) is 26.7 Å². The molecule has 0 bridgehead atoms. The molecule has 1 heterocycles. The first kappa shape index (κ1) is 18.9. The molecular formula is C18H24N2O5. The van der Waals surface area contributed by atoms with E-state index in [1.807, 2.05) is 0 Å². The zero-order valence-corrected chi connectivity index (χ0v) is 14.9. The second-order valence-corrected chi connectivity index (χ2v) is 5.88. The molecule has 0 amide bonds. The van der Waals surface area contributed by atoms with Crippen LogP contribution < -0.4 is 9.47 Å². The molecule has 0 unspecified atom stereocenters. The van der Waals surface area contributed by atoms with Gasteiger partial charge in [-0.05, 0) is 37.6 Å². The third-order valence-corrected chi connectivity index (χ3v) is 4.05. The highest BCUT2D eigenvalue weighted by Gasteiger charge is 2.24. The van der Waals surface area contributed by atoms with Gasteiger partial charge in [0.1, 0.15) is 0 Å². The number of ketones is 1. The minimum absolute atomic E-state index is 0.0868. The van der Waals surface area contributed by atoms with Gasteiger partial charge >= 0.3 is 5.69 Å². The number of carbonyl (C=O) groups excluding carboxylic acids is 1. The molecule has 7 heteroatoms. The fourth-order valence-electron chi connectivity index (χ4n) is 2.96. The standard InChI is InChI=1S/C18H24N2O5/c1-4-7-19-8-6-16(21)14(12-19)9-13-10-15(20(22)23)18(24-3)17(11-13)25-5-2/h9-11H,4-8,12H2,1-3H3/b14-9+. The van der Waals surface area contributed by atoms with E-state index in [0.29, 0.717) is 36.5 Å². The van der Waals surface area contributed by atoms with E-state index in [9.17, 15) is 14.9 Å². The third kappa shape index (κ3) is 4.57. The molecule has 0 spiro atoms. The Morgan fingerprint density at radius 1 is 1.36 bits per heavy atom. The highest BCUT2D eigenvalue weighted by atomic mass is 16.6. The Morgan fingerprint density at radius 2 is 2.12 bits per heavy atom. The minimum atomic E-state index is -0.505. The van der Waals surface area contributed by atoms with Crippen LogP contribution in [0.15, 0.2) is 17.7 Å². The molecule has 0 saturated carbocycles. The van der Waals surface area contributed by atoms with E-state index in [0.717, 1.165) is 19.5 Å². The summed E-state index contributed by atoms with van der Waals surface area (Å²) in [5, 5.41) is 11.4. The maximum absolute atomic E-state index is 12.2. The lowest BCUT2D eigenvalue weighted by Gasteiger charge is -2.27. The number of rotatable bonds is 7. The first-order valence-corrected chi connectivity index (χ1v) is 8.45. The zero-order valence-electron chi connectivity index (χ0n) is 14.9. The number of carbonyl (C=O) groups is 1. The molecule has 0 N–H and O–H groups in total. The molecule has 1 aromatic carbocycles. The highest BCUT2D eigenvalue weighted by Crippen LogP contribution is 2.39. The molecule has 1 aromatic rings. The van der Waals surface area contributed by atoms with Gasteiger partial charge in [0.2, 0.25) is 5.75 Å². The lowest BCUT2D eigenvalue weighted by Crippen LogP contribution is -2.36. The number of hydrogen-bond acceptors (Lipinski definition) is 6. The van der Waals surface area contributed by atoms with Crippen molar-refractivity contribution in [1.82, 2.24) is 4.90 Å². The number of nitrogens with zero attached hydrogens (tertiary/aromatic N) is 2. The first-order chi connectivity index (χ1) is 12.0. The average Bonchev–Trinajstić information content (AvgIpc) is 2.58. The summed E-state index contributed by atoms with van der Waals surface area (Å²) in [6.45, 7) is 6.51. The van der Waals surface area contributed by atoms with Crippen LogP contribution in [0.5, 0.6) is 11.5 Å². The summed E-state index contributed by atoms with van der Waals surface area (Å²) in [5.41, 5.74) is 1.06. The molecule has 0 aliphatic carbocycles. The predicted octanol–water partition coefficient (Wildman–Crippen LogP) is 3.07. The van der Waals surface area contributed by atoms with Gasteiger partial charge in [0.15, 0.2) is 11.5 Å². The van der Waals surface area contributed by atoms with Crippen LogP contribution >= 0.6 is 0 Å². The molecule has 7 nitrogen and oxygen atoms in total. The summed E-state index contributed by atoms with van der Waals surface area (Å²) in [4.78, 5) is 25.3. The van der Waals surface area contributed by atoms with E-state index < -0.39 is 4.92 Å². The van der Waals surface area contributed by atoms with Crippen molar-refractivity contribution in [2.75, 3.05) is 33.4 Å². The van der Waals surface area contributed by atoms with Gasteiger partial charge in [0.25, 0.3) is 0 Å². The Labute approximate surface area is 147 Å². The second-order valence-electron chi connectivity index (χ2n) is 5.88. The van der Waals surface area contributed by atoms with Crippen molar-refractivity contribution in [3.05, 3.63) is 33.4 Å². The Hall–Kier alpha value is -2.41. The molecule has 2 rings (SSSR count). The number of methoxy groups -OCH3 is 1. The van der Waals surface area contributed by atoms with Gasteiger partial charge in [-0.1, -0.05) is 6.92 Å². The van der Waals surface area contributed by atoms with Crippen LogP contribution in [-0.4, -0.2) is 49.0 Å². The van der Waals surface area contributed by atoms with Crippen LogP contribution in [0.4, 0.5) is 5.69 Å². The Morgan fingerprint density at radius 3 is 2.72 bits per heavy atom. The molecule has 1 aliphatic heterocycles. The monoisotopic (exact) mass is 348 g/mol. The van der Waals surface area contributed by atoms with Crippen LogP contribution in [0.25, 0.3) is 6.08 Å². The molecule has 1 fully saturated rings. The average molecular weight is 348 g/mol. The molecule has 25 heavy (non-hydrogen) atoms. The van der Waals surface area contributed by atoms with Gasteiger partial charge in [0.05, 0.1) is 18.6 Å². The summed E-state index contributed by atoms with van der Waals surface area (Å²) >= 11 is 0. The van der Waals surface area contributed by atoms with Crippen LogP contribution in [0.3, 0.4) is 0 Å². The first-order valence-electron chi connectivity index (χ1n) is 8.45. The maximum Gasteiger partial charge on any atom is 0.315 e. The van der Waals surface area contributed by atoms with Crippen molar-refractivity contribution < 1.29 is 19.2 Å². The van der Waals surface area contributed by atoms with E-state index in [4.69, 9.17) is 9.47 Å². The largest absolute Gasteiger partial charge is 0.490 e. The van der Waals surface area contributed by atoms with Crippen LogP contribution in [0.2, 0.25) is 0 Å². The van der Waals surface area contributed by atoms with Gasteiger partial charge in [0, 0.05) is 31.1 Å². The molecule has 0 radical (unpaired) electrons. The van der Waals surface area contributed by atoms with Gasteiger partial charge in [-0.25, -0.2) is 0 Å². The summed E-state index contributed by atoms with van der Waals surface area (Å²) < 4.78 is 10.6. The van der Waals surface area contributed by atoms with Gasteiger partial charge in [-0.15, -0.1) is 0 Å². The number of ether oxygens (including phenoxy) is 2. The third-order valence-electron chi connectivity index (χ3n) is 4.05. The highest BCUT2D eigenvalue weighted by molar-refractivity contribution is 6.00. The fraction of sp³-hybridized carbons (Fsp3) is 0.500. The molecular weight excluding hydrogens is 324 g/mol. The van der Waals surface area contributed by atoms with Crippen molar-refractivity contribution in [3.63, 3.8) is 0 Å². The quantitative estimate of drug-likeness (QED) is 0.428. The number of likely N-dealkylation sites (tertiary alicyclic amines) is 1. The Balaban J connectivity index is 2.43. The molecule has 136 valence electrons. The number of Topliss-reactive ketones (excluding diaryl/α,β-unsaturated/α-hetero) is 1. The molecule has 0 aromatic heterocycles. The van der Waals surface area contributed by atoms with Crippen molar-refractivity contribution in [2.24, 2.45) is 0 Å². The number of piperidine rings is 1. The maximum atomic E-state index is 12.2. The molecule has 1 aliphatic rings. The van der Waals surface area contributed by atoms with Crippen LogP contribution in [0.1, 0.15) is 32.3 Å². The second kappa shape index (κ2) is 8.62. The fourth-order valence-corrected chi connectivity index (χ4v) is 2.96. The van der Waals surface area contributed by atoms with E-state index in [1.54, 1.807) is 19.1 Å². The van der Waals surface area contributed by atoms with Crippen LogP contribution in [0, 0.1) is 10.1 Å². The number of nitro groups is 1. The Bertz CT molecular complexity index is 684. The Kier molecular flexibility index (Phi) is 6.52. The van der Waals surface area contributed by atoms with Gasteiger partial charge < -0.3 is 9.47 Å². The van der Waals surface area contributed by atoms with Crippen molar-refractivity contribution in [3.8, 4) is 11.5 Å². The van der Waals surface area contributed by atoms with Gasteiger partial charge in [-0.2, -0.15) is 0 Å². The normalized spacial score (nSPS) is 16.9. The summed E-state index contributed by atoms with van der Waals surface area (Å²) in [5.74, 6) is 0.486. The lowest BCUT2D eigenvalue weighted by atomic mass is 9.99. The summed E-state index contributed by atoms with van der Waals surface area (Å²) in [6.07, 6.45) is 3.21. The molecule has 1 saturated heterocycles.